The Balaban J connectivity index is 0.780. The fourth-order valence-electron chi connectivity index (χ4n) is 7.45. The van der Waals surface area contributed by atoms with Gasteiger partial charge in [-0.25, -0.2) is 4.98 Å². The lowest BCUT2D eigenvalue weighted by Crippen LogP contribution is -2.46. The number of fused-ring (bicyclic) bond motifs is 3. The molecule has 0 bridgehead atoms. The Bertz CT molecular complexity index is 2740. The zero-order valence-corrected chi connectivity index (χ0v) is 31.9. The van der Waals surface area contributed by atoms with Crippen molar-refractivity contribution in [3.8, 4) is 22.9 Å². The van der Waals surface area contributed by atoms with Crippen LogP contribution in [0.4, 0.5) is 0 Å². The maximum absolute atomic E-state index is 13.4. The largest absolute Gasteiger partial charge is 0.494 e. The molecule has 57 heavy (non-hydrogen) atoms. The maximum atomic E-state index is 13.4. The van der Waals surface area contributed by atoms with Crippen molar-refractivity contribution in [2.45, 2.75) is 26.1 Å². The Morgan fingerprint density at radius 1 is 0.649 bits per heavy atom. The summed E-state index contributed by atoms with van der Waals surface area (Å²) in [5, 5.41) is 16.3. The lowest BCUT2D eigenvalue weighted by molar-refractivity contribution is 0.120. The van der Waals surface area contributed by atoms with E-state index in [-0.39, 0.29) is 11.4 Å². The van der Waals surface area contributed by atoms with Crippen LogP contribution < -0.4 is 15.0 Å². The van der Waals surface area contributed by atoms with Crippen LogP contribution in [0.15, 0.2) is 126 Å². The molecule has 0 atom stereocenters. The molecule has 0 saturated carbocycles. The summed E-state index contributed by atoms with van der Waals surface area (Å²) in [7, 11) is 1.76. The summed E-state index contributed by atoms with van der Waals surface area (Å²) in [5.74, 6) is 1.75. The molecule has 4 aromatic heterocycles. The van der Waals surface area contributed by atoms with Crippen LogP contribution in [0.5, 0.6) is 11.5 Å². The van der Waals surface area contributed by atoms with Gasteiger partial charge in [-0.1, -0.05) is 60.7 Å². The van der Waals surface area contributed by atoms with Gasteiger partial charge in [0.1, 0.15) is 18.1 Å². The van der Waals surface area contributed by atoms with E-state index in [2.05, 4.69) is 61.6 Å². The number of aromatic nitrogens is 7. The van der Waals surface area contributed by atoms with Gasteiger partial charge >= 0.3 is 0 Å². The summed E-state index contributed by atoms with van der Waals surface area (Å²) in [6.45, 7) is 7.29. The molecule has 0 spiro atoms. The number of piperazine rings is 1. The second kappa shape index (κ2) is 16.3. The van der Waals surface area contributed by atoms with Crippen molar-refractivity contribution in [3.05, 3.63) is 149 Å². The van der Waals surface area contributed by atoms with Crippen molar-refractivity contribution >= 4 is 32.7 Å². The van der Waals surface area contributed by atoms with Crippen LogP contribution in [0.3, 0.4) is 0 Å². The highest BCUT2D eigenvalue weighted by atomic mass is 16.5. The lowest BCUT2D eigenvalue weighted by Gasteiger charge is -2.34. The third kappa shape index (κ3) is 8.37. The van der Waals surface area contributed by atoms with Crippen molar-refractivity contribution in [1.82, 2.24) is 44.5 Å². The Hall–Kier alpha value is -6.50. The van der Waals surface area contributed by atoms with Gasteiger partial charge in [-0.3, -0.25) is 14.7 Å². The minimum atomic E-state index is -0.193. The number of para-hydroxylation sites is 2. The number of rotatable bonds is 13. The van der Waals surface area contributed by atoms with Gasteiger partial charge in [-0.05, 0) is 77.9 Å². The second-order valence-corrected chi connectivity index (χ2v) is 14.5. The quantitative estimate of drug-likeness (QED) is 0.121. The summed E-state index contributed by atoms with van der Waals surface area (Å²) < 4.78 is 13.9. The van der Waals surface area contributed by atoms with Gasteiger partial charge in [0.15, 0.2) is 0 Å². The minimum absolute atomic E-state index is 0.193. The van der Waals surface area contributed by atoms with Crippen molar-refractivity contribution in [3.63, 3.8) is 0 Å². The standard InChI is InChI=1S/C45H43N9O3/c1-51-43-19-18-39(56-25-7-20-52-21-23-53(24-22-52)30-36-16-14-33-9-2-4-12-41(33)46-36)27-35(43)28-40(45(51)55)44-48-50-54(49-44)29-32-8-6-11-38(26-32)57-31-37-17-15-34-10-3-5-13-42(34)47-37/h2-6,8-19,26-28H,7,20-25,29-31H2,1H3. The number of hydrogen-bond donors (Lipinski definition) is 0. The molecule has 1 aliphatic heterocycles. The zero-order chi connectivity index (χ0) is 38.6. The van der Waals surface area contributed by atoms with Crippen molar-refractivity contribution in [2.75, 3.05) is 39.3 Å². The van der Waals surface area contributed by atoms with E-state index >= 15 is 0 Å². The molecule has 1 saturated heterocycles. The molecule has 0 radical (unpaired) electrons. The molecule has 5 heterocycles. The van der Waals surface area contributed by atoms with Gasteiger partial charge in [0, 0.05) is 62.5 Å². The molecule has 9 rings (SSSR count). The van der Waals surface area contributed by atoms with Crippen molar-refractivity contribution in [2.24, 2.45) is 7.05 Å². The molecule has 0 amide bonds. The zero-order valence-electron chi connectivity index (χ0n) is 31.9. The third-order valence-corrected chi connectivity index (χ3v) is 10.5. The monoisotopic (exact) mass is 757 g/mol. The van der Waals surface area contributed by atoms with E-state index in [0.29, 0.717) is 31.1 Å². The molecule has 12 heteroatoms. The summed E-state index contributed by atoms with van der Waals surface area (Å²) in [6.07, 6.45) is 0.923. The molecule has 1 aliphatic rings. The number of aryl methyl sites for hydroxylation is 1. The fourth-order valence-corrected chi connectivity index (χ4v) is 7.45. The van der Waals surface area contributed by atoms with Crippen LogP contribution in [0.1, 0.15) is 23.4 Å². The predicted octanol–water partition coefficient (Wildman–Crippen LogP) is 6.50. The van der Waals surface area contributed by atoms with Crippen LogP contribution in [0, 0.1) is 0 Å². The number of pyridine rings is 3. The van der Waals surface area contributed by atoms with Crippen LogP contribution >= 0.6 is 0 Å². The molecule has 8 aromatic rings. The summed E-state index contributed by atoms with van der Waals surface area (Å²) in [5.41, 5.74) is 5.89. The molecule has 0 unspecified atom stereocenters. The Kier molecular flexibility index (Phi) is 10.3. The van der Waals surface area contributed by atoms with E-state index in [0.717, 1.165) is 95.7 Å². The molecule has 4 aromatic carbocycles. The van der Waals surface area contributed by atoms with Gasteiger partial charge in [-0.15, -0.1) is 10.2 Å². The number of hydrogen-bond acceptors (Lipinski definition) is 10. The average molecular weight is 758 g/mol. The Morgan fingerprint density at radius 2 is 1.37 bits per heavy atom. The number of ether oxygens (including phenoxy) is 2. The Morgan fingerprint density at radius 3 is 2.18 bits per heavy atom. The first-order valence-electron chi connectivity index (χ1n) is 19.4. The van der Waals surface area contributed by atoms with Crippen LogP contribution in [0.2, 0.25) is 0 Å². The molecular formula is C45H43N9O3. The van der Waals surface area contributed by atoms with Crippen molar-refractivity contribution < 1.29 is 9.47 Å². The Labute approximate surface area is 329 Å². The van der Waals surface area contributed by atoms with Gasteiger partial charge in [0.25, 0.3) is 5.56 Å². The molecular weight excluding hydrogens is 715 g/mol. The average Bonchev–Trinajstić information content (AvgIpc) is 3.71. The number of tetrazole rings is 1. The van der Waals surface area contributed by atoms with E-state index in [1.54, 1.807) is 11.6 Å². The van der Waals surface area contributed by atoms with Gasteiger partial charge in [-0.2, -0.15) is 4.80 Å². The molecule has 0 N–H and O–H groups in total. The highest BCUT2D eigenvalue weighted by Gasteiger charge is 2.18. The van der Waals surface area contributed by atoms with Gasteiger partial charge in [0.2, 0.25) is 5.82 Å². The second-order valence-electron chi connectivity index (χ2n) is 14.5. The number of nitrogens with zero attached hydrogens (tertiary/aromatic N) is 9. The van der Waals surface area contributed by atoms with Crippen LogP contribution in [-0.2, 0) is 26.7 Å². The topological polar surface area (TPSA) is 116 Å². The van der Waals surface area contributed by atoms with E-state index in [1.165, 1.54) is 10.2 Å². The minimum Gasteiger partial charge on any atom is -0.494 e. The van der Waals surface area contributed by atoms with Crippen molar-refractivity contribution in [1.29, 1.82) is 0 Å². The third-order valence-electron chi connectivity index (χ3n) is 10.5. The van der Waals surface area contributed by atoms with Gasteiger partial charge < -0.3 is 18.9 Å². The first-order valence-corrected chi connectivity index (χ1v) is 19.4. The van der Waals surface area contributed by atoms with E-state index < -0.39 is 0 Å². The molecule has 0 aliphatic carbocycles. The SMILES string of the molecule is Cn1c(=O)c(-c2nnn(Cc3cccc(OCc4ccc5ccccc5n4)c3)n2)cc2cc(OCCCN3CCN(Cc4ccc5ccccc5n4)CC3)ccc21. The summed E-state index contributed by atoms with van der Waals surface area (Å²) in [4.78, 5) is 29.5. The summed E-state index contributed by atoms with van der Waals surface area (Å²) in [6, 6.07) is 40.1. The van der Waals surface area contributed by atoms with E-state index in [1.807, 2.05) is 84.9 Å². The van der Waals surface area contributed by atoms with Gasteiger partial charge in [0.05, 0.1) is 46.7 Å². The summed E-state index contributed by atoms with van der Waals surface area (Å²) >= 11 is 0. The maximum Gasteiger partial charge on any atom is 0.262 e. The predicted molar refractivity (Wildman–Crippen MR) is 221 cm³/mol. The first kappa shape index (κ1) is 36.2. The highest BCUT2D eigenvalue weighted by molar-refractivity contribution is 5.84. The van der Waals surface area contributed by atoms with Crippen LogP contribution in [-0.4, -0.2) is 83.9 Å². The molecule has 286 valence electrons. The lowest BCUT2D eigenvalue weighted by atomic mass is 10.1. The molecule has 1 fully saturated rings. The fraction of sp³-hybridized carbons (Fsp3) is 0.244. The van der Waals surface area contributed by atoms with E-state index in [4.69, 9.17) is 19.4 Å². The van der Waals surface area contributed by atoms with Crippen LogP contribution in [0.25, 0.3) is 44.1 Å². The normalized spacial score (nSPS) is 13.8. The highest BCUT2D eigenvalue weighted by Crippen LogP contribution is 2.24. The number of benzene rings is 4. The molecule has 12 nitrogen and oxygen atoms in total. The first-order chi connectivity index (χ1) is 28.0. The smallest absolute Gasteiger partial charge is 0.262 e. The van der Waals surface area contributed by atoms with E-state index in [9.17, 15) is 4.79 Å².